The summed E-state index contributed by atoms with van der Waals surface area (Å²) in [6, 6.07) is 21.3. The molecule has 3 aromatic carbocycles. The molecule has 3 atom stereocenters. The molecule has 3 amide bonds. The second-order valence-electron chi connectivity index (χ2n) is 19.9. The topological polar surface area (TPSA) is 177 Å². The van der Waals surface area contributed by atoms with Crippen LogP contribution < -0.4 is 30.3 Å². The van der Waals surface area contributed by atoms with Gasteiger partial charge in [-0.25, -0.2) is 4.98 Å². The number of aldehydes is 1. The SMILES string of the molecule is CCN(c1cc(-c2ccc(OCCCCOc3cc(C(C(=O)N4CCCC4C(=O)NC(C)c4ccc(-c5scnc5C)cc4)C(C)C)on3)cc2)cc(C(=O)NC/C(C=O)=C(C)/C=C(/C)NC)c1C)C1CCOCC1. The molecular weight excluding hydrogens is 967 g/mol. The quantitative estimate of drug-likeness (QED) is 0.0231. The largest absolute Gasteiger partial charge is 0.494 e. The van der Waals surface area contributed by atoms with Crippen LogP contribution in [0.4, 0.5) is 5.69 Å². The van der Waals surface area contributed by atoms with Crippen molar-refractivity contribution < 1.29 is 37.9 Å². The number of nitrogens with zero attached hydrogens (tertiary/aromatic N) is 4. The molecule has 0 radical (unpaired) electrons. The van der Waals surface area contributed by atoms with E-state index in [0.29, 0.717) is 68.6 Å². The van der Waals surface area contributed by atoms with Gasteiger partial charge in [-0.15, -0.1) is 11.3 Å². The van der Waals surface area contributed by atoms with Gasteiger partial charge in [0, 0.05) is 74.5 Å². The third-order valence-corrected chi connectivity index (χ3v) is 15.4. The smallest absolute Gasteiger partial charge is 0.254 e. The van der Waals surface area contributed by atoms with Crippen molar-refractivity contribution in [3.8, 4) is 33.2 Å². The molecule has 75 heavy (non-hydrogen) atoms. The van der Waals surface area contributed by atoms with Gasteiger partial charge in [0.15, 0.2) is 5.76 Å². The number of carbonyl (C=O) groups excluding carboxylic acids is 4. The Morgan fingerprint density at radius 1 is 0.920 bits per heavy atom. The molecule has 400 valence electrons. The number of nitrogens with one attached hydrogen (secondary N) is 3. The number of allylic oxidation sites excluding steroid dienone is 3. The van der Waals surface area contributed by atoms with Gasteiger partial charge < -0.3 is 44.5 Å². The number of aromatic nitrogens is 2. The summed E-state index contributed by atoms with van der Waals surface area (Å²) in [5, 5.41) is 13.4. The zero-order chi connectivity index (χ0) is 53.6. The van der Waals surface area contributed by atoms with E-state index >= 15 is 0 Å². The van der Waals surface area contributed by atoms with Crippen LogP contribution in [0.5, 0.6) is 11.6 Å². The molecule has 7 rings (SSSR count). The van der Waals surface area contributed by atoms with E-state index < -0.39 is 12.0 Å². The number of hydrogen-bond donors (Lipinski definition) is 3. The van der Waals surface area contributed by atoms with E-state index in [1.807, 2.05) is 110 Å². The van der Waals surface area contributed by atoms with Gasteiger partial charge >= 0.3 is 0 Å². The minimum atomic E-state index is -0.628. The Hall–Kier alpha value is -6.78. The Morgan fingerprint density at radius 3 is 2.28 bits per heavy atom. The van der Waals surface area contributed by atoms with Gasteiger partial charge in [0.05, 0.1) is 35.3 Å². The molecule has 2 fully saturated rings. The van der Waals surface area contributed by atoms with E-state index in [1.54, 1.807) is 22.3 Å². The summed E-state index contributed by atoms with van der Waals surface area (Å²) >= 11 is 1.61. The van der Waals surface area contributed by atoms with Crippen molar-refractivity contribution in [1.82, 2.24) is 31.0 Å². The number of likely N-dealkylation sites (tertiary alicyclic amines) is 1. The highest BCUT2D eigenvalue weighted by Gasteiger charge is 2.40. The summed E-state index contributed by atoms with van der Waals surface area (Å²) in [5.41, 5.74) is 11.4. The van der Waals surface area contributed by atoms with Crippen molar-refractivity contribution in [2.45, 2.75) is 118 Å². The molecule has 2 aliphatic heterocycles. The molecule has 0 bridgehead atoms. The molecule has 3 unspecified atom stereocenters. The van der Waals surface area contributed by atoms with Crippen LogP contribution in [0.15, 0.2) is 99.7 Å². The highest BCUT2D eigenvalue weighted by atomic mass is 32.1. The van der Waals surface area contributed by atoms with Crippen LogP contribution in [0.1, 0.15) is 125 Å². The second kappa shape index (κ2) is 26.6. The average Bonchev–Trinajstić information content (AvgIpc) is 4.21. The summed E-state index contributed by atoms with van der Waals surface area (Å²) in [4.78, 5) is 63.6. The number of amides is 3. The van der Waals surface area contributed by atoms with Crippen LogP contribution in [0.2, 0.25) is 0 Å². The fourth-order valence-corrected chi connectivity index (χ4v) is 10.8. The van der Waals surface area contributed by atoms with Gasteiger partial charge in [0.25, 0.3) is 11.8 Å². The molecule has 2 aromatic heterocycles. The lowest BCUT2D eigenvalue weighted by atomic mass is 9.91. The predicted octanol–water partition coefficient (Wildman–Crippen LogP) is 10.3. The highest BCUT2D eigenvalue weighted by Crippen LogP contribution is 2.36. The molecule has 5 aromatic rings. The van der Waals surface area contributed by atoms with Gasteiger partial charge in [-0.05, 0) is 155 Å². The van der Waals surface area contributed by atoms with Crippen molar-refractivity contribution in [3.05, 3.63) is 123 Å². The van der Waals surface area contributed by atoms with E-state index in [0.717, 1.165) is 99.6 Å². The number of ether oxygens (including phenoxy) is 3. The second-order valence-corrected chi connectivity index (χ2v) is 20.8. The lowest BCUT2D eigenvalue weighted by Crippen LogP contribution is -2.48. The maximum atomic E-state index is 14.2. The molecular formula is C59H75N7O8S. The summed E-state index contributed by atoms with van der Waals surface area (Å²) in [7, 11) is 1.82. The Bertz CT molecular complexity index is 2790. The van der Waals surface area contributed by atoms with Crippen LogP contribution in [0.3, 0.4) is 0 Å². The molecule has 0 saturated carbocycles. The molecule has 2 aliphatic rings. The van der Waals surface area contributed by atoms with Crippen molar-refractivity contribution in [2.75, 3.05) is 58.0 Å². The van der Waals surface area contributed by atoms with Gasteiger partial charge in [-0.3, -0.25) is 19.2 Å². The molecule has 3 N–H and O–H groups in total. The summed E-state index contributed by atoms with van der Waals surface area (Å²) in [6.07, 6.45) is 7.24. The van der Waals surface area contributed by atoms with Crippen LogP contribution in [-0.4, -0.2) is 104 Å². The number of hydrogen-bond acceptors (Lipinski definition) is 13. The lowest BCUT2D eigenvalue weighted by molar-refractivity contribution is -0.141. The number of aryl methyl sites for hydroxylation is 1. The number of carbonyl (C=O) groups is 4. The Morgan fingerprint density at radius 2 is 1.63 bits per heavy atom. The number of thiazole rings is 1. The Labute approximate surface area is 446 Å². The number of rotatable bonds is 24. The Kier molecular flexibility index (Phi) is 19.9. The van der Waals surface area contributed by atoms with E-state index in [1.165, 1.54) is 0 Å². The van der Waals surface area contributed by atoms with Crippen molar-refractivity contribution in [2.24, 2.45) is 5.92 Å². The van der Waals surface area contributed by atoms with E-state index in [-0.39, 0.29) is 42.3 Å². The van der Waals surface area contributed by atoms with Crippen molar-refractivity contribution >= 4 is 41.0 Å². The summed E-state index contributed by atoms with van der Waals surface area (Å²) in [5.74, 6) is 0.128. The normalized spacial score (nSPS) is 16.3. The third-order valence-electron chi connectivity index (χ3n) is 14.4. The molecule has 0 aliphatic carbocycles. The first kappa shape index (κ1) is 56.0. The van der Waals surface area contributed by atoms with E-state index in [2.05, 4.69) is 56.1 Å². The number of benzene rings is 3. The minimum Gasteiger partial charge on any atom is -0.494 e. The number of unbranched alkanes of at least 4 members (excludes halogenated alkanes) is 1. The van der Waals surface area contributed by atoms with Crippen molar-refractivity contribution in [1.29, 1.82) is 0 Å². The molecule has 4 heterocycles. The summed E-state index contributed by atoms with van der Waals surface area (Å²) < 4.78 is 23.6. The van der Waals surface area contributed by atoms with Crippen LogP contribution in [0, 0.1) is 19.8 Å². The number of anilines is 1. The fourth-order valence-electron chi connectivity index (χ4n) is 9.97. The fraction of sp³-hybridized carbons (Fsp3) is 0.458. The molecule has 2 saturated heterocycles. The molecule has 16 heteroatoms. The zero-order valence-electron chi connectivity index (χ0n) is 45.1. The molecule has 0 spiro atoms. The lowest BCUT2D eigenvalue weighted by Gasteiger charge is -2.37. The average molecular weight is 1040 g/mol. The van der Waals surface area contributed by atoms with Gasteiger partial charge in [0.1, 0.15) is 24.0 Å². The first-order valence-electron chi connectivity index (χ1n) is 26.4. The van der Waals surface area contributed by atoms with Gasteiger partial charge in [-0.1, -0.05) is 50.2 Å². The third kappa shape index (κ3) is 14.1. The highest BCUT2D eigenvalue weighted by molar-refractivity contribution is 7.13. The minimum absolute atomic E-state index is 0.106. The Balaban J connectivity index is 0.918. The first-order valence-corrected chi connectivity index (χ1v) is 27.3. The van der Waals surface area contributed by atoms with E-state index in [4.69, 9.17) is 18.7 Å². The molecule has 15 nitrogen and oxygen atoms in total. The summed E-state index contributed by atoms with van der Waals surface area (Å²) in [6.45, 7) is 19.4. The standard InChI is InChI=1S/C59H75N7O8S/c1-10-65(48-23-28-71-29-24-48)52-32-46(31-50(40(52)6)57(68)61-34-47(35-67)38(4)30-39(5)60-9)44-19-21-49(22-20-44)72-26-11-12-27-73-54-33-53(74-64-54)55(37(2)3)59(70)66-25-13-14-51(66)58(69)63-41(7)43-15-17-45(18-16-43)56-42(8)62-36-75-56/h15-22,30-33,35-37,41,48,51,55,60H,10-14,23-29,34H2,1-9H3,(H,61,68)(H,63,69)/b39-30-,47-38-. The maximum Gasteiger partial charge on any atom is 0.254 e. The predicted molar refractivity (Wildman–Crippen MR) is 295 cm³/mol. The van der Waals surface area contributed by atoms with Crippen LogP contribution in [-0.2, 0) is 19.1 Å². The zero-order valence-corrected chi connectivity index (χ0v) is 45.9. The van der Waals surface area contributed by atoms with E-state index in [9.17, 15) is 19.2 Å². The van der Waals surface area contributed by atoms with Crippen molar-refractivity contribution in [3.63, 3.8) is 0 Å². The van der Waals surface area contributed by atoms with Crippen LogP contribution in [0.25, 0.3) is 21.6 Å². The maximum absolute atomic E-state index is 14.2. The monoisotopic (exact) mass is 1040 g/mol. The van der Waals surface area contributed by atoms with Gasteiger partial charge in [-0.2, -0.15) is 0 Å². The first-order chi connectivity index (χ1) is 36.2. The van der Waals surface area contributed by atoms with Crippen LogP contribution >= 0.6 is 11.3 Å². The van der Waals surface area contributed by atoms with Gasteiger partial charge in [0.2, 0.25) is 11.8 Å².